The summed E-state index contributed by atoms with van der Waals surface area (Å²) in [6.07, 6.45) is 3.47. The molecule has 2 aliphatic heterocycles. The molecule has 2 heterocycles. The number of carbonyl (C=O) groups is 1. The van der Waals surface area contributed by atoms with Crippen molar-refractivity contribution in [3.63, 3.8) is 0 Å². The topological polar surface area (TPSA) is 48.1 Å². The molecule has 0 aromatic heterocycles. The van der Waals surface area contributed by atoms with Gasteiger partial charge in [0.25, 0.3) is 0 Å². The number of rotatable bonds is 6. The number of benzene rings is 2. The molecule has 2 fully saturated rings. The lowest BCUT2D eigenvalue weighted by atomic mass is 9.88. The smallest absolute Gasteiger partial charge is 0.321 e. The first-order chi connectivity index (χ1) is 16.5. The molecule has 0 aliphatic carbocycles. The summed E-state index contributed by atoms with van der Waals surface area (Å²) in [5.74, 6) is 1.40. The van der Waals surface area contributed by atoms with Gasteiger partial charge in [0.1, 0.15) is 5.75 Å². The number of piperidine rings is 1. The molecule has 34 heavy (non-hydrogen) atoms. The molecule has 6 heteroatoms. The van der Waals surface area contributed by atoms with Crippen molar-refractivity contribution >= 4 is 17.4 Å². The highest BCUT2D eigenvalue weighted by atomic mass is 16.5. The van der Waals surface area contributed by atoms with Crippen molar-refractivity contribution in [2.24, 2.45) is 0 Å². The first-order valence-electron chi connectivity index (χ1n) is 12.8. The highest BCUT2D eigenvalue weighted by Gasteiger charge is 2.25. The van der Waals surface area contributed by atoms with Crippen LogP contribution in [0.4, 0.5) is 16.2 Å². The second kappa shape index (κ2) is 11.1. The Balaban J connectivity index is 1.37. The third kappa shape index (κ3) is 5.66. The van der Waals surface area contributed by atoms with Crippen molar-refractivity contribution in [3.8, 4) is 5.75 Å². The summed E-state index contributed by atoms with van der Waals surface area (Å²) in [6.45, 7) is 13.1. The molecule has 0 bridgehead atoms. The first kappa shape index (κ1) is 24.4. The molecule has 0 spiro atoms. The van der Waals surface area contributed by atoms with E-state index in [1.165, 1.54) is 35.3 Å². The molecule has 0 radical (unpaired) electrons. The Kier molecular flexibility index (Phi) is 7.99. The number of likely N-dealkylation sites (tertiary alicyclic amines) is 1. The molecule has 6 nitrogen and oxygen atoms in total. The highest BCUT2D eigenvalue weighted by Crippen LogP contribution is 2.36. The van der Waals surface area contributed by atoms with E-state index >= 15 is 0 Å². The van der Waals surface area contributed by atoms with Gasteiger partial charge >= 0.3 is 6.03 Å². The van der Waals surface area contributed by atoms with Crippen molar-refractivity contribution in [2.45, 2.75) is 46.0 Å². The summed E-state index contributed by atoms with van der Waals surface area (Å²) in [5.41, 5.74) is 5.91. The van der Waals surface area contributed by atoms with Crippen LogP contribution in [0.2, 0.25) is 0 Å². The van der Waals surface area contributed by atoms with Gasteiger partial charge in [-0.1, -0.05) is 19.1 Å². The average Bonchev–Trinajstić information content (AvgIpc) is 2.86. The van der Waals surface area contributed by atoms with Crippen LogP contribution in [0, 0.1) is 13.8 Å². The number of aryl methyl sites for hydroxylation is 2. The molecule has 0 saturated carbocycles. The predicted molar refractivity (Wildman–Crippen MR) is 140 cm³/mol. The molecule has 2 aromatic rings. The van der Waals surface area contributed by atoms with Crippen LogP contribution in [-0.2, 0) is 0 Å². The van der Waals surface area contributed by atoms with Crippen LogP contribution >= 0.6 is 0 Å². The molecular weight excluding hydrogens is 424 g/mol. The zero-order valence-corrected chi connectivity index (χ0v) is 21.3. The van der Waals surface area contributed by atoms with Crippen LogP contribution < -0.4 is 15.0 Å². The zero-order valence-electron chi connectivity index (χ0n) is 21.3. The number of piperazine rings is 1. The fourth-order valence-electron chi connectivity index (χ4n) is 5.33. The van der Waals surface area contributed by atoms with Crippen molar-refractivity contribution in [1.82, 2.24) is 9.80 Å². The Bertz CT molecular complexity index is 976. The molecule has 2 amide bonds. The minimum atomic E-state index is -0.0190. The van der Waals surface area contributed by atoms with Crippen LogP contribution in [-0.4, -0.2) is 68.8 Å². The Morgan fingerprint density at radius 1 is 1.00 bits per heavy atom. The standard InChI is InChI=1S/C28H40N4O2/c1-5-12-30-13-10-23(11-14-30)25-20-24(8-9-27(25)34-4)29-28(33)32-17-15-31(16-18-32)26-19-21(2)6-7-22(26)3/h6-9,19-20,23H,5,10-18H2,1-4H3,(H,29,33). The van der Waals surface area contributed by atoms with Gasteiger partial charge in [-0.25, -0.2) is 4.79 Å². The lowest BCUT2D eigenvalue weighted by Crippen LogP contribution is -2.50. The zero-order chi connectivity index (χ0) is 24.1. The maximum absolute atomic E-state index is 13.0. The van der Waals surface area contributed by atoms with E-state index in [0.717, 1.165) is 63.5 Å². The van der Waals surface area contributed by atoms with Gasteiger partial charge in [-0.3, -0.25) is 0 Å². The molecule has 2 aliphatic rings. The summed E-state index contributed by atoms with van der Waals surface area (Å²) >= 11 is 0. The molecule has 0 atom stereocenters. The largest absolute Gasteiger partial charge is 0.496 e. The van der Waals surface area contributed by atoms with E-state index in [2.05, 4.69) is 60.2 Å². The summed E-state index contributed by atoms with van der Waals surface area (Å²) in [7, 11) is 1.73. The van der Waals surface area contributed by atoms with Crippen LogP contribution in [0.5, 0.6) is 5.75 Å². The van der Waals surface area contributed by atoms with Crippen molar-refractivity contribution in [2.75, 3.05) is 63.1 Å². The number of nitrogens with one attached hydrogen (secondary N) is 1. The lowest BCUT2D eigenvalue weighted by molar-refractivity contribution is 0.208. The first-order valence-corrected chi connectivity index (χ1v) is 12.8. The van der Waals surface area contributed by atoms with Gasteiger partial charge in [0, 0.05) is 37.6 Å². The van der Waals surface area contributed by atoms with E-state index in [1.54, 1.807) is 7.11 Å². The maximum Gasteiger partial charge on any atom is 0.321 e. The van der Waals surface area contributed by atoms with E-state index in [0.29, 0.717) is 5.92 Å². The molecular formula is C28H40N4O2. The predicted octanol–water partition coefficient (Wildman–Crippen LogP) is 5.26. The number of anilines is 2. The van der Waals surface area contributed by atoms with Crippen LogP contribution in [0.25, 0.3) is 0 Å². The number of hydrogen-bond donors (Lipinski definition) is 1. The van der Waals surface area contributed by atoms with E-state index in [9.17, 15) is 4.79 Å². The summed E-state index contributed by atoms with van der Waals surface area (Å²) in [6, 6.07) is 12.6. The van der Waals surface area contributed by atoms with Crippen molar-refractivity contribution in [1.29, 1.82) is 0 Å². The number of ether oxygens (including phenoxy) is 1. The van der Waals surface area contributed by atoms with Gasteiger partial charge < -0.3 is 24.8 Å². The maximum atomic E-state index is 13.0. The summed E-state index contributed by atoms with van der Waals surface area (Å²) in [5, 5.41) is 3.15. The van der Waals surface area contributed by atoms with Gasteiger partial charge in [0.2, 0.25) is 0 Å². The molecule has 2 saturated heterocycles. The van der Waals surface area contributed by atoms with Gasteiger partial charge in [0.15, 0.2) is 0 Å². The number of nitrogens with zero attached hydrogens (tertiary/aromatic N) is 3. The monoisotopic (exact) mass is 464 g/mol. The Morgan fingerprint density at radius 3 is 2.41 bits per heavy atom. The highest BCUT2D eigenvalue weighted by molar-refractivity contribution is 5.89. The van der Waals surface area contributed by atoms with E-state index in [-0.39, 0.29) is 6.03 Å². The van der Waals surface area contributed by atoms with E-state index in [4.69, 9.17) is 4.74 Å². The van der Waals surface area contributed by atoms with Crippen molar-refractivity contribution in [3.05, 3.63) is 53.1 Å². The number of methoxy groups -OCH3 is 1. The number of carbonyl (C=O) groups excluding carboxylic acids is 1. The quantitative estimate of drug-likeness (QED) is 0.634. The minimum Gasteiger partial charge on any atom is -0.496 e. The van der Waals surface area contributed by atoms with E-state index < -0.39 is 0 Å². The fourth-order valence-corrected chi connectivity index (χ4v) is 5.33. The second-order valence-corrected chi connectivity index (χ2v) is 9.77. The Labute approximate surface area is 204 Å². The van der Waals surface area contributed by atoms with Crippen LogP contribution in [0.1, 0.15) is 48.8 Å². The van der Waals surface area contributed by atoms with Gasteiger partial charge in [-0.15, -0.1) is 0 Å². The summed E-state index contributed by atoms with van der Waals surface area (Å²) in [4.78, 5) is 19.9. The van der Waals surface area contributed by atoms with Gasteiger partial charge in [-0.05, 0) is 99.6 Å². The number of hydrogen-bond acceptors (Lipinski definition) is 4. The van der Waals surface area contributed by atoms with Crippen LogP contribution in [0.3, 0.4) is 0 Å². The average molecular weight is 465 g/mol. The lowest BCUT2D eigenvalue weighted by Gasteiger charge is -2.37. The van der Waals surface area contributed by atoms with Gasteiger partial charge in [-0.2, -0.15) is 0 Å². The Morgan fingerprint density at radius 2 is 1.74 bits per heavy atom. The summed E-state index contributed by atoms with van der Waals surface area (Å²) < 4.78 is 5.68. The SMILES string of the molecule is CCCN1CCC(c2cc(NC(=O)N3CCN(c4cc(C)ccc4C)CC3)ccc2OC)CC1. The van der Waals surface area contributed by atoms with Crippen LogP contribution in [0.15, 0.2) is 36.4 Å². The van der Waals surface area contributed by atoms with E-state index in [1.807, 2.05) is 17.0 Å². The molecule has 2 aromatic carbocycles. The number of amides is 2. The van der Waals surface area contributed by atoms with Gasteiger partial charge in [0.05, 0.1) is 7.11 Å². The Hall–Kier alpha value is -2.73. The number of urea groups is 1. The second-order valence-electron chi connectivity index (χ2n) is 9.77. The fraction of sp³-hybridized carbons (Fsp3) is 0.536. The third-order valence-corrected chi connectivity index (χ3v) is 7.32. The minimum absolute atomic E-state index is 0.0190. The molecule has 0 unspecified atom stereocenters. The third-order valence-electron chi connectivity index (χ3n) is 7.32. The normalized spacial score (nSPS) is 17.6. The molecule has 4 rings (SSSR count). The molecule has 1 N–H and O–H groups in total. The van der Waals surface area contributed by atoms with Crippen molar-refractivity contribution < 1.29 is 9.53 Å². The molecule has 184 valence electrons.